The highest BCUT2D eigenvalue weighted by atomic mass is 16.5. The highest BCUT2D eigenvalue weighted by Crippen LogP contribution is 2.17. The molecule has 1 aromatic heterocycles. The van der Waals surface area contributed by atoms with Gasteiger partial charge in [0.2, 0.25) is 5.88 Å². The molecule has 1 aliphatic rings. The van der Waals surface area contributed by atoms with E-state index < -0.39 is 0 Å². The topological polar surface area (TPSA) is 43.4 Å². The van der Waals surface area contributed by atoms with E-state index in [0.29, 0.717) is 12.5 Å². The van der Waals surface area contributed by atoms with Crippen molar-refractivity contribution in [2.75, 3.05) is 26.4 Å². The second-order valence-corrected chi connectivity index (χ2v) is 5.17. The standard InChI is InChI=1S/C15H24N2O2/c1-3-5-16-9-14-7-12(2)17-15(8-14)19-11-13-4-6-18-10-13/h7-8,13,16H,3-6,9-11H2,1-2H3. The zero-order valence-electron chi connectivity index (χ0n) is 11.9. The summed E-state index contributed by atoms with van der Waals surface area (Å²) in [6.45, 7) is 8.48. The van der Waals surface area contributed by atoms with Crippen molar-refractivity contribution in [1.82, 2.24) is 10.3 Å². The molecule has 1 aliphatic heterocycles. The van der Waals surface area contributed by atoms with Gasteiger partial charge in [-0.05, 0) is 37.9 Å². The lowest BCUT2D eigenvalue weighted by Gasteiger charge is -2.12. The summed E-state index contributed by atoms with van der Waals surface area (Å²) in [6, 6.07) is 4.14. The van der Waals surface area contributed by atoms with Crippen LogP contribution in [0.15, 0.2) is 12.1 Å². The van der Waals surface area contributed by atoms with Gasteiger partial charge in [0.25, 0.3) is 0 Å². The second kappa shape index (κ2) is 7.46. The fraction of sp³-hybridized carbons (Fsp3) is 0.667. The van der Waals surface area contributed by atoms with Crippen LogP contribution in [0.25, 0.3) is 0 Å². The number of ether oxygens (including phenoxy) is 2. The molecule has 1 atom stereocenters. The molecule has 1 aromatic rings. The maximum absolute atomic E-state index is 5.80. The van der Waals surface area contributed by atoms with Gasteiger partial charge in [0.15, 0.2) is 0 Å². The van der Waals surface area contributed by atoms with Gasteiger partial charge in [-0.15, -0.1) is 0 Å². The van der Waals surface area contributed by atoms with E-state index >= 15 is 0 Å². The second-order valence-electron chi connectivity index (χ2n) is 5.17. The lowest BCUT2D eigenvalue weighted by Crippen LogP contribution is -2.15. The molecule has 0 spiro atoms. The Labute approximate surface area is 115 Å². The Morgan fingerprint density at radius 2 is 2.37 bits per heavy atom. The van der Waals surface area contributed by atoms with Gasteiger partial charge in [0, 0.05) is 30.8 Å². The van der Waals surface area contributed by atoms with E-state index in [0.717, 1.165) is 50.7 Å². The first-order chi connectivity index (χ1) is 9.28. The van der Waals surface area contributed by atoms with Gasteiger partial charge >= 0.3 is 0 Å². The van der Waals surface area contributed by atoms with Crippen LogP contribution < -0.4 is 10.1 Å². The molecular formula is C15H24N2O2. The summed E-state index contributed by atoms with van der Waals surface area (Å²) >= 11 is 0. The van der Waals surface area contributed by atoms with Crippen molar-refractivity contribution >= 4 is 0 Å². The van der Waals surface area contributed by atoms with Gasteiger partial charge in [0.1, 0.15) is 0 Å². The Morgan fingerprint density at radius 1 is 1.47 bits per heavy atom. The third-order valence-electron chi connectivity index (χ3n) is 3.24. The largest absolute Gasteiger partial charge is 0.477 e. The first-order valence-electron chi connectivity index (χ1n) is 7.16. The van der Waals surface area contributed by atoms with Gasteiger partial charge in [-0.1, -0.05) is 6.92 Å². The quantitative estimate of drug-likeness (QED) is 0.767. The molecule has 106 valence electrons. The summed E-state index contributed by atoms with van der Waals surface area (Å²) in [5.41, 5.74) is 2.24. The number of nitrogens with zero attached hydrogens (tertiary/aromatic N) is 1. The minimum atomic E-state index is 0.518. The normalized spacial score (nSPS) is 18.7. The van der Waals surface area contributed by atoms with Crippen molar-refractivity contribution in [3.63, 3.8) is 0 Å². The van der Waals surface area contributed by atoms with E-state index in [1.165, 1.54) is 5.56 Å². The van der Waals surface area contributed by atoms with Crippen LogP contribution in [0.4, 0.5) is 0 Å². The smallest absolute Gasteiger partial charge is 0.213 e. The third kappa shape index (κ3) is 4.80. The molecule has 1 N–H and O–H groups in total. The minimum Gasteiger partial charge on any atom is -0.477 e. The highest BCUT2D eigenvalue weighted by Gasteiger charge is 2.16. The maximum atomic E-state index is 5.80. The van der Waals surface area contributed by atoms with Crippen molar-refractivity contribution in [3.8, 4) is 5.88 Å². The molecular weight excluding hydrogens is 240 g/mol. The zero-order valence-corrected chi connectivity index (χ0v) is 11.9. The van der Waals surface area contributed by atoms with Crippen LogP contribution in [0.3, 0.4) is 0 Å². The molecule has 2 heterocycles. The van der Waals surface area contributed by atoms with Crippen LogP contribution in [0.1, 0.15) is 31.0 Å². The van der Waals surface area contributed by atoms with E-state index in [-0.39, 0.29) is 0 Å². The van der Waals surface area contributed by atoms with E-state index in [9.17, 15) is 0 Å². The summed E-state index contributed by atoms with van der Waals surface area (Å²) < 4.78 is 11.1. The Bertz CT molecular complexity index is 390. The Balaban J connectivity index is 1.87. The number of pyridine rings is 1. The van der Waals surface area contributed by atoms with Gasteiger partial charge in [0.05, 0.1) is 13.2 Å². The number of hydrogen-bond donors (Lipinski definition) is 1. The summed E-state index contributed by atoms with van der Waals surface area (Å²) in [5, 5.41) is 3.40. The Hall–Kier alpha value is -1.13. The summed E-state index contributed by atoms with van der Waals surface area (Å²) in [4.78, 5) is 4.43. The predicted octanol–water partition coefficient (Wildman–Crippen LogP) is 2.30. The van der Waals surface area contributed by atoms with Gasteiger partial charge in [-0.25, -0.2) is 4.98 Å². The van der Waals surface area contributed by atoms with E-state index in [1.54, 1.807) is 0 Å². The lowest BCUT2D eigenvalue weighted by molar-refractivity contribution is 0.165. The van der Waals surface area contributed by atoms with Crippen LogP contribution in [0.2, 0.25) is 0 Å². The first-order valence-corrected chi connectivity index (χ1v) is 7.16. The van der Waals surface area contributed by atoms with Crippen LogP contribution in [-0.2, 0) is 11.3 Å². The minimum absolute atomic E-state index is 0.518. The number of aryl methyl sites for hydroxylation is 1. The van der Waals surface area contributed by atoms with Crippen LogP contribution in [0, 0.1) is 12.8 Å². The van der Waals surface area contributed by atoms with Crippen LogP contribution >= 0.6 is 0 Å². The fourth-order valence-corrected chi connectivity index (χ4v) is 2.21. The molecule has 0 amide bonds. The molecule has 2 rings (SSSR count). The third-order valence-corrected chi connectivity index (χ3v) is 3.24. The molecule has 4 nitrogen and oxygen atoms in total. The average molecular weight is 264 g/mol. The molecule has 19 heavy (non-hydrogen) atoms. The Kier molecular flexibility index (Phi) is 5.61. The van der Waals surface area contributed by atoms with E-state index in [4.69, 9.17) is 9.47 Å². The zero-order chi connectivity index (χ0) is 13.5. The van der Waals surface area contributed by atoms with Crippen molar-refractivity contribution in [2.24, 2.45) is 5.92 Å². The molecule has 0 aromatic carbocycles. The van der Waals surface area contributed by atoms with Gasteiger partial charge in [-0.3, -0.25) is 0 Å². The number of nitrogens with one attached hydrogen (secondary N) is 1. The number of hydrogen-bond acceptors (Lipinski definition) is 4. The molecule has 0 saturated carbocycles. The highest BCUT2D eigenvalue weighted by molar-refractivity contribution is 5.24. The van der Waals surface area contributed by atoms with Crippen molar-refractivity contribution in [3.05, 3.63) is 23.4 Å². The molecule has 0 bridgehead atoms. The average Bonchev–Trinajstić information content (AvgIpc) is 2.89. The molecule has 1 fully saturated rings. The summed E-state index contributed by atoms with van der Waals surface area (Å²) in [5.74, 6) is 1.25. The van der Waals surface area contributed by atoms with Crippen molar-refractivity contribution in [1.29, 1.82) is 0 Å². The molecule has 4 heteroatoms. The number of aromatic nitrogens is 1. The molecule has 1 saturated heterocycles. The van der Waals surface area contributed by atoms with Gasteiger partial charge in [-0.2, -0.15) is 0 Å². The van der Waals surface area contributed by atoms with Crippen molar-refractivity contribution in [2.45, 2.75) is 33.2 Å². The first kappa shape index (κ1) is 14.3. The van der Waals surface area contributed by atoms with E-state index in [1.807, 2.05) is 13.0 Å². The lowest BCUT2D eigenvalue weighted by atomic mass is 10.1. The Morgan fingerprint density at radius 3 is 3.11 bits per heavy atom. The predicted molar refractivity (Wildman–Crippen MR) is 75.4 cm³/mol. The summed E-state index contributed by atoms with van der Waals surface area (Å²) in [7, 11) is 0. The van der Waals surface area contributed by atoms with Gasteiger partial charge < -0.3 is 14.8 Å². The fourth-order valence-electron chi connectivity index (χ4n) is 2.21. The van der Waals surface area contributed by atoms with Crippen LogP contribution in [0.5, 0.6) is 5.88 Å². The van der Waals surface area contributed by atoms with E-state index in [2.05, 4.69) is 23.3 Å². The number of rotatable bonds is 7. The van der Waals surface area contributed by atoms with Crippen LogP contribution in [-0.4, -0.2) is 31.3 Å². The molecule has 0 radical (unpaired) electrons. The van der Waals surface area contributed by atoms with Crippen molar-refractivity contribution < 1.29 is 9.47 Å². The SMILES string of the molecule is CCCNCc1cc(C)nc(OCC2CCOC2)c1. The molecule has 1 unspecified atom stereocenters. The monoisotopic (exact) mass is 264 g/mol. The maximum Gasteiger partial charge on any atom is 0.213 e. The molecule has 0 aliphatic carbocycles. The summed E-state index contributed by atoms with van der Waals surface area (Å²) in [6.07, 6.45) is 2.24.